The summed E-state index contributed by atoms with van der Waals surface area (Å²) in [7, 11) is 4.33. The van der Waals surface area contributed by atoms with Crippen molar-refractivity contribution < 1.29 is 9.47 Å². The zero-order chi connectivity index (χ0) is 21.1. The predicted molar refractivity (Wildman–Crippen MR) is 122 cm³/mol. The first-order valence-corrected chi connectivity index (χ1v) is 11.0. The number of aromatic nitrogens is 1. The van der Waals surface area contributed by atoms with Gasteiger partial charge in [0.25, 0.3) is 0 Å². The number of nitrogen functional groups attached to an aromatic ring is 1. The molecule has 2 aromatic rings. The molecule has 0 spiro atoms. The van der Waals surface area contributed by atoms with Crippen LogP contribution in [-0.2, 0) is 4.74 Å². The van der Waals surface area contributed by atoms with Crippen molar-refractivity contribution in [1.82, 2.24) is 9.88 Å². The first kappa shape index (κ1) is 20.9. The van der Waals surface area contributed by atoms with E-state index >= 15 is 0 Å². The molecule has 162 valence electrons. The van der Waals surface area contributed by atoms with Gasteiger partial charge in [-0.2, -0.15) is 4.98 Å². The Morgan fingerprint density at radius 2 is 1.80 bits per heavy atom. The number of pyridine rings is 1. The Morgan fingerprint density at radius 1 is 1.07 bits per heavy atom. The molecule has 2 heterocycles. The largest absolute Gasteiger partial charge is 0.474 e. The number of nitrogens with two attached hydrogens (primary N) is 1. The van der Waals surface area contributed by atoms with Crippen molar-refractivity contribution in [2.45, 2.75) is 44.8 Å². The lowest BCUT2D eigenvalue weighted by atomic mass is 9.92. The molecule has 30 heavy (non-hydrogen) atoms. The van der Waals surface area contributed by atoms with E-state index < -0.39 is 0 Å². The second-order valence-electron chi connectivity index (χ2n) is 8.74. The molecule has 6 heteroatoms. The summed E-state index contributed by atoms with van der Waals surface area (Å²) in [6.45, 7) is 5.27. The molecule has 1 saturated carbocycles. The lowest BCUT2D eigenvalue weighted by Gasteiger charge is -2.33. The highest BCUT2D eigenvalue weighted by Crippen LogP contribution is 2.33. The molecule has 1 aliphatic carbocycles. The van der Waals surface area contributed by atoms with Crippen LogP contribution in [0.3, 0.4) is 0 Å². The average molecular weight is 411 g/mol. The normalized spacial score (nSPS) is 22.3. The molecule has 1 aromatic carbocycles. The Hall–Kier alpha value is -2.31. The molecular formula is C24H34N4O2. The van der Waals surface area contributed by atoms with Gasteiger partial charge in [0.1, 0.15) is 11.9 Å². The fourth-order valence-electron chi connectivity index (χ4n) is 4.46. The van der Waals surface area contributed by atoms with Gasteiger partial charge in [0, 0.05) is 30.9 Å². The van der Waals surface area contributed by atoms with Gasteiger partial charge in [-0.25, -0.2) is 0 Å². The van der Waals surface area contributed by atoms with E-state index in [-0.39, 0.29) is 6.10 Å². The van der Waals surface area contributed by atoms with Gasteiger partial charge >= 0.3 is 0 Å². The molecule has 2 aliphatic rings. The number of anilines is 2. The van der Waals surface area contributed by atoms with E-state index in [0.29, 0.717) is 11.9 Å². The molecule has 0 atom stereocenters. The standard InChI is InChI=1S/C24H34N4O2/c1-17-4-5-19(25)16-22(17)18-14-23(28-10-12-29-13-11-28)26-24(15-18)30-21-8-6-20(7-9-21)27(2)3/h4-5,14-16,20-21H,6-13,25H2,1-3H3. The molecule has 2 fully saturated rings. The number of hydrogen-bond acceptors (Lipinski definition) is 6. The van der Waals surface area contributed by atoms with Crippen LogP contribution < -0.4 is 15.4 Å². The summed E-state index contributed by atoms with van der Waals surface area (Å²) in [5.41, 5.74) is 10.3. The van der Waals surface area contributed by atoms with Crippen LogP contribution >= 0.6 is 0 Å². The Labute approximate surface area is 180 Å². The number of ether oxygens (including phenoxy) is 2. The number of hydrogen-bond donors (Lipinski definition) is 1. The lowest BCUT2D eigenvalue weighted by molar-refractivity contribution is 0.107. The Balaban J connectivity index is 1.61. The molecule has 1 aliphatic heterocycles. The number of rotatable bonds is 5. The first-order valence-electron chi connectivity index (χ1n) is 11.0. The highest BCUT2D eigenvalue weighted by molar-refractivity contribution is 5.74. The third kappa shape index (κ3) is 4.87. The Bertz CT molecular complexity index is 856. The highest BCUT2D eigenvalue weighted by Gasteiger charge is 2.25. The maximum atomic E-state index is 6.43. The summed E-state index contributed by atoms with van der Waals surface area (Å²) in [4.78, 5) is 9.50. The minimum absolute atomic E-state index is 0.225. The molecule has 0 bridgehead atoms. The fourth-order valence-corrected chi connectivity index (χ4v) is 4.46. The van der Waals surface area contributed by atoms with Gasteiger partial charge in [0.15, 0.2) is 0 Å². The van der Waals surface area contributed by atoms with Crippen LogP contribution in [0.2, 0.25) is 0 Å². The van der Waals surface area contributed by atoms with Gasteiger partial charge in [0.05, 0.1) is 13.2 Å². The minimum atomic E-state index is 0.225. The monoisotopic (exact) mass is 410 g/mol. The summed E-state index contributed by atoms with van der Waals surface area (Å²) in [5, 5.41) is 0. The van der Waals surface area contributed by atoms with Crippen LogP contribution in [0.15, 0.2) is 30.3 Å². The van der Waals surface area contributed by atoms with Crippen molar-refractivity contribution in [3.8, 4) is 17.0 Å². The molecule has 0 unspecified atom stereocenters. The quantitative estimate of drug-likeness (QED) is 0.758. The summed E-state index contributed by atoms with van der Waals surface area (Å²) in [5.74, 6) is 1.67. The maximum Gasteiger partial charge on any atom is 0.216 e. The van der Waals surface area contributed by atoms with Crippen LogP contribution in [0.5, 0.6) is 5.88 Å². The molecule has 1 aromatic heterocycles. The zero-order valence-electron chi connectivity index (χ0n) is 18.4. The zero-order valence-corrected chi connectivity index (χ0v) is 18.4. The predicted octanol–water partition coefficient (Wildman–Crippen LogP) is 3.73. The number of nitrogens with zero attached hydrogens (tertiary/aromatic N) is 3. The van der Waals surface area contributed by atoms with E-state index in [9.17, 15) is 0 Å². The minimum Gasteiger partial charge on any atom is -0.474 e. The van der Waals surface area contributed by atoms with Gasteiger partial charge < -0.3 is 25.0 Å². The van der Waals surface area contributed by atoms with E-state index in [0.717, 1.165) is 61.8 Å². The molecule has 6 nitrogen and oxygen atoms in total. The van der Waals surface area contributed by atoms with E-state index in [1.54, 1.807) is 0 Å². The van der Waals surface area contributed by atoms with Gasteiger partial charge in [-0.05, 0) is 81.6 Å². The van der Waals surface area contributed by atoms with Crippen molar-refractivity contribution in [2.24, 2.45) is 0 Å². The van der Waals surface area contributed by atoms with Crippen LogP contribution in [-0.4, -0.2) is 62.4 Å². The Morgan fingerprint density at radius 3 is 2.50 bits per heavy atom. The summed E-state index contributed by atoms with van der Waals surface area (Å²) < 4.78 is 12.0. The van der Waals surface area contributed by atoms with Crippen molar-refractivity contribution in [2.75, 3.05) is 51.0 Å². The third-order valence-electron chi connectivity index (χ3n) is 6.36. The number of aryl methyl sites for hydroxylation is 1. The van der Waals surface area contributed by atoms with Crippen molar-refractivity contribution in [3.05, 3.63) is 35.9 Å². The highest BCUT2D eigenvalue weighted by atomic mass is 16.5. The van der Waals surface area contributed by atoms with E-state index in [4.69, 9.17) is 20.2 Å². The molecule has 4 rings (SSSR count). The van der Waals surface area contributed by atoms with E-state index in [2.05, 4.69) is 49.0 Å². The van der Waals surface area contributed by atoms with Gasteiger partial charge in [0.2, 0.25) is 5.88 Å². The fraction of sp³-hybridized carbons (Fsp3) is 0.542. The summed E-state index contributed by atoms with van der Waals surface area (Å²) in [6, 6.07) is 10.9. The second kappa shape index (κ2) is 9.23. The number of benzene rings is 1. The topological polar surface area (TPSA) is 63.9 Å². The van der Waals surface area contributed by atoms with E-state index in [1.807, 2.05) is 12.1 Å². The van der Waals surface area contributed by atoms with Crippen LogP contribution in [0.25, 0.3) is 11.1 Å². The molecule has 0 amide bonds. The van der Waals surface area contributed by atoms with Crippen LogP contribution in [0, 0.1) is 6.92 Å². The summed E-state index contributed by atoms with van der Waals surface area (Å²) in [6.07, 6.45) is 4.70. The lowest BCUT2D eigenvalue weighted by Crippen LogP contribution is -2.37. The molecule has 1 saturated heterocycles. The third-order valence-corrected chi connectivity index (χ3v) is 6.36. The van der Waals surface area contributed by atoms with Gasteiger partial charge in [-0.1, -0.05) is 6.07 Å². The first-order chi connectivity index (χ1) is 14.5. The van der Waals surface area contributed by atoms with Crippen molar-refractivity contribution >= 4 is 11.5 Å². The molecular weight excluding hydrogens is 376 g/mol. The van der Waals surface area contributed by atoms with Crippen LogP contribution in [0.4, 0.5) is 11.5 Å². The maximum absolute atomic E-state index is 6.43. The molecule has 0 radical (unpaired) electrons. The number of morpholine rings is 1. The van der Waals surface area contributed by atoms with Crippen LogP contribution in [0.1, 0.15) is 31.2 Å². The SMILES string of the molecule is Cc1ccc(N)cc1-c1cc(OC2CCC(N(C)C)CC2)nc(N2CCOCC2)c1. The van der Waals surface area contributed by atoms with Gasteiger partial charge in [-0.15, -0.1) is 0 Å². The second-order valence-corrected chi connectivity index (χ2v) is 8.74. The summed E-state index contributed by atoms with van der Waals surface area (Å²) >= 11 is 0. The van der Waals surface area contributed by atoms with Gasteiger partial charge in [-0.3, -0.25) is 0 Å². The van der Waals surface area contributed by atoms with Crippen molar-refractivity contribution in [3.63, 3.8) is 0 Å². The smallest absolute Gasteiger partial charge is 0.216 e. The average Bonchev–Trinajstić information content (AvgIpc) is 2.76. The molecule has 2 N–H and O–H groups in total. The van der Waals surface area contributed by atoms with Crippen molar-refractivity contribution in [1.29, 1.82) is 0 Å². The van der Waals surface area contributed by atoms with E-state index in [1.165, 1.54) is 18.4 Å². The Kier molecular flexibility index (Phi) is 6.44.